The highest BCUT2D eigenvalue weighted by Crippen LogP contribution is 2.38. The molecule has 0 fully saturated rings. The number of carbonyl (C=O) groups excluding carboxylic acids is 2. The van der Waals surface area contributed by atoms with Gasteiger partial charge in [0.25, 0.3) is 7.82 Å². The van der Waals surface area contributed by atoms with Gasteiger partial charge in [-0.05, 0) is 122 Å². The predicted octanol–water partition coefficient (Wildman–Crippen LogP) is 21.6. The molecule has 3 atom stereocenters. The quantitative estimate of drug-likeness (QED) is 0.0212. The number of carbonyl (C=O) groups is 2. The number of allylic oxidation sites excluding steroid dienone is 19. The Labute approximate surface area is 524 Å². The van der Waals surface area contributed by atoms with Crippen LogP contribution >= 0.6 is 7.82 Å². The van der Waals surface area contributed by atoms with Gasteiger partial charge in [0.2, 0.25) is 5.91 Å². The number of hydrogen-bond donors (Lipinski definition) is 1. The lowest BCUT2D eigenvalue weighted by atomic mass is 10.0. The fourth-order valence-electron chi connectivity index (χ4n) is 9.53. The first-order valence-corrected chi connectivity index (χ1v) is 36.3. The zero-order valence-corrected chi connectivity index (χ0v) is 56.7. The molecule has 0 aliphatic heterocycles. The van der Waals surface area contributed by atoms with E-state index >= 15 is 0 Å². The number of nitrogens with zero attached hydrogens (tertiary/aromatic N) is 1. The second kappa shape index (κ2) is 63.4. The maximum atomic E-state index is 13.6. The molecule has 0 aromatic rings. The maximum Gasteiger partial charge on any atom is 0.306 e. The van der Waals surface area contributed by atoms with Crippen LogP contribution in [-0.4, -0.2) is 69.4 Å². The van der Waals surface area contributed by atoms with Gasteiger partial charge < -0.3 is 28.5 Å². The lowest BCUT2D eigenvalue weighted by Gasteiger charge is -2.30. The number of esters is 1. The smallest absolute Gasteiger partial charge is 0.306 e. The molecule has 10 heteroatoms. The first-order chi connectivity index (χ1) is 41.4. The van der Waals surface area contributed by atoms with Gasteiger partial charge in [-0.2, -0.15) is 0 Å². The average molecular weight is 1200 g/mol. The van der Waals surface area contributed by atoms with Gasteiger partial charge in [-0.1, -0.05) is 277 Å². The standard InChI is InChI=1S/C75H131N2O7P/c1-7-10-13-16-19-22-25-27-29-31-33-35-37-38-40-42-44-46-48-50-53-56-59-62-65-68-75(79)84-73(66-63-60-57-54-51-24-21-18-15-12-9-3)72(71-83-85(80,81)82-70-69-77(4,5)6)76-74(78)67-64-61-58-55-52-49-47-45-43-41-39-36-34-32-30-28-26-23-20-17-14-11-8-2/h10,13,19-20,22-23,27-30,33-36,38,40,44,46,63,66,72-73H,7-9,11-12,14-18,21,24-26,31-32,37,39,41-43,45,47-62,64-65,67-71H2,1-6H3,(H-,76,78,80,81)/b13-10-,22-19-,23-20-,29-27-,30-28-,35-33-,36-34-,40-38-,46-44-,66-63+. The number of phosphoric acid groups is 1. The van der Waals surface area contributed by atoms with Crippen molar-refractivity contribution in [1.29, 1.82) is 0 Å². The van der Waals surface area contributed by atoms with Crippen LogP contribution < -0.4 is 10.2 Å². The van der Waals surface area contributed by atoms with E-state index in [4.69, 9.17) is 13.8 Å². The summed E-state index contributed by atoms with van der Waals surface area (Å²) in [6.07, 6.45) is 88.9. The van der Waals surface area contributed by atoms with E-state index in [1.807, 2.05) is 33.3 Å². The first kappa shape index (κ1) is 81.4. The Bertz CT molecular complexity index is 1870. The van der Waals surface area contributed by atoms with Crippen LogP contribution in [0.1, 0.15) is 290 Å². The molecule has 3 unspecified atom stereocenters. The number of likely N-dealkylation sites (N-methyl/N-ethyl adjacent to an activating group) is 1. The third-order valence-corrected chi connectivity index (χ3v) is 15.8. The van der Waals surface area contributed by atoms with Crippen molar-refractivity contribution in [2.75, 3.05) is 40.9 Å². The lowest BCUT2D eigenvalue weighted by Crippen LogP contribution is -2.47. The highest BCUT2D eigenvalue weighted by atomic mass is 31.2. The second-order valence-electron chi connectivity index (χ2n) is 24.3. The van der Waals surface area contributed by atoms with Crippen LogP contribution in [0, 0.1) is 0 Å². The molecule has 1 amide bonds. The molecule has 488 valence electrons. The molecule has 0 aliphatic carbocycles. The van der Waals surface area contributed by atoms with Crippen molar-refractivity contribution in [3.63, 3.8) is 0 Å². The Morgan fingerprint density at radius 3 is 1.15 bits per heavy atom. The summed E-state index contributed by atoms with van der Waals surface area (Å²) in [4.78, 5) is 40.2. The third-order valence-electron chi connectivity index (χ3n) is 14.9. The summed E-state index contributed by atoms with van der Waals surface area (Å²) in [6, 6.07) is -0.906. The Morgan fingerprint density at radius 2 is 0.753 bits per heavy atom. The van der Waals surface area contributed by atoms with Gasteiger partial charge in [-0.25, -0.2) is 0 Å². The van der Waals surface area contributed by atoms with Gasteiger partial charge >= 0.3 is 5.97 Å². The van der Waals surface area contributed by atoms with Crippen molar-refractivity contribution in [2.45, 2.75) is 303 Å². The fourth-order valence-corrected chi connectivity index (χ4v) is 10.3. The zero-order valence-electron chi connectivity index (χ0n) is 55.8. The summed E-state index contributed by atoms with van der Waals surface area (Å²) in [5, 5.41) is 3.03. The molecule has 1 N–H and O–H groups in total. The van der Waals surface area contributed by atoms with E-state index in [0.29, 0.717) is 23.9 Å². The first-order valence-electron chi connectivity index (χ1n) is 34.8. The number of ether oxygens (including phenoxy) is 1. The molecule has 0 saturated carbocycles. The minimum Gasteiger partial charge on any atom is -0.756 e. The van der Waals surface area contributed by atoms with Gasteiger partial charge in [0, 0.05) is 12.8 Å². The van der Waals surface area contributed by atoms with E-state index < -0.39 is 26.6 Å². The molecule has 85 heavy (non-hydrogen) atoms. The number of rotatable bonds is 62. The van der Waals surface area contributed by atoms with Gasteiger partial charge in [0.05, 0.1) is 33.8 Å². The lowest BCUT2D eigenvalue weighted by molar-refractivity contribution is -0.870. The minimum absolute atomic E-state index is 0.0316. The molecule has 0 aromatic carbocycles. The van der Waals surface area contributed by atoms with Gasteiger partial charge in [-0.3, -0.25) is 14.2 Å². The molecule has 9 nitrogen and oxygen atoms in total. The van der Waals surface area contributed by atoms with Crippen molar-refractivity contribution in [3.8, 4) is 0 Å². The Balaban J connectivity index is 5.12. The van der Waals surface area contributed by atoms with Crippen LogP contribution in [0.5, 0.6) is 0 Å². The van der Waals surface area contributed by atoms with Crippen LogP contribution in [0.2, 0.25) is 0 Å². The molecule has 0 heterocycles. The second-order valence-corrected chi connectivity index (χ2v) is 25.7. The van der Waals surface area contributed by atoms with E-state index in [0.717, 1.165) is 141 Å². The van der Waals surface area contributed by atoms with E-state index in [1.165, 1.54) is 109 Å². The van der Waals surface area contributed by atoms with Crippen molar-refractivity contribution < 1.29 is 37.3 Å². The molecule has 0 spiro atoms. The summed E-state index contributed by atoms with van der Waals surface area (Å²) >= 11 is 0. The van der Waals surface area contributed by atoms with Crippen molar-refractivity contribution in [2.24, 2.45) is 0 Å². The fraction of sp³-hybridized carbons (Fsp3) is 0.707. The van der Waals surface area contributed by atoms with E-state index in [9.17, 15) is 19.0 Å². The van der Waals surface area contributed by atoms with E-state index in [1.54, 1.807) is 0 Å². The minimum atomic E-state index is -4.72. The number of amides is 1. The highest BCUT2D eigenvalue weighted by Gasteiger charge is 2.27. The van der Waals surface area contributed by atoms with Crippen LogP contribution in [0.15, 0.2) is 122 Å². The summed E-state index contributed by atoms with van der Waals surface area (Å²) in [6.45, 7) is 6.69. The SMILES string of the molecule is CC/C=C\C/C=C\C/C=C\C/C=C\C/C=C\C/C=C\CCCCCCCCC(=O)OC(/C=C/CCCCCCCCCCC)C(COP(=O)([O-])OCC[N+](C)(C)C)NC(=O)CCCCCCCCCCCC/C=C\C/C=C\C/C=C\CCCCC. The van der Waals surface area contributed by atoms with Gasteiger partial charge in [-0.15, -0.1) is 0 Å². The van der Waals surface area contributed by atoms with Crippen molar-refractivity contribution in [1.82, 2.24) is 5.32 Å². The van der Waals surface area contributed by atoms with Crippen LogP contribution in [-0.2, 0) is 27.9 Å². The number of quaternary nitrogens is 1. The number of unbranched alkanes of at least 4 members (excludes halogenated alkanes) is 28. The van der Waals surface area contributed by atoms with Crippen LogP contribution in [0.3, 0.4) is 0 Å². The molecule has 0 bridgehead atoms. The number of hydrogen-bond acceptors (Lipinski definition) is 7. The largest absolute Gasteiger partial charge is 0.756 e. The summed E-state index contributed by atoms with van der Waals surface area (Å²) < 4.78 is 30.4. The third kappa shape index (κ3) is 64.7. The normalized spacial score (nSPS) is 14.3. The molecule has 0 saturated heterocycles. The Kier molecular flexibility index (Phi) is 60.8. The van der Waals surface area contributed by atoms with Crippen LogP contribution in [0.25, 0.3) is 0 Å². The molecule has 0 rings (SSSR count). The highest BCUT2D eigenvalue weighted by molar-refractivity contribution is 7.45. The zero-order chi connectivity index (χ0) is 62.1. The Hall–Kier alpha value is -3.59. The maximum absolute atomic E-state index is 13.6. The van der Waals surface area contributed by atoms with Crippen molar-refractivity contribution >= 4 is 19.7 Å². The number of phosphoric ester groups is 1. The van der Waals surface area contributed by atoms with Gasteiger partial charge in [0.15, 0.2) is 0 Å². The van der Waals surface area contributed by atoms with Gasteiger partial charge in [0.1, 0.15) is 19.3 Å². The number of nitrogens with one attached hydrogen (secondary N) is 1. The average Bonchev–Trinajstić information content (AvgIpc) is 3.58. The molecule has 0 aromatic heterocycles. The van der Waals surface area contributed by atoms with E-state index in [2.05, 4.69) is 135 Å². The van der Waals surface area contributed by atoms with Crippen LogP contribution in [0.4, 0.5) is 0 Å². The monoisotopic (exact) mass is 1200 g/mol. The summed E-state index contributed by atoms with van der Waals surface area (Å²) in [5.41, 5.74) is 0. The topological polar surface area (TPSA) is 114 Å². The molecular formula is C75H131N2O7P. The van der Waals surface area contributed by atoms with Crippen molar-refractivity contribution in [3.05, 3.63) is 122 Å². The Morgan fingerprint density at radius 1 is 0.424 bits per heavy atom. The molecular weight excluding hydrogens is 1070 g/mol. The molecule has 0 radical (unpaired) electrons. The van der Waals surface area contributed by atoms with E-state index in [-0.39, 0.29) is 24.9 Å². The predicted molar refractivity (Wildman–Crippen MR) is 367 cm³/mol. The summed E-state index contributed by atoms with van der Waals surface area (Å²) in [7, 11) is 1.16. The summed E-state index contributed by atoms with van der Waals surface area (Å²) in [5.74, 6) is -0.566. The molecule has 0 aliphatic rings.